The Kier molecular flexibility index (Phi) is 5.63. The smallest absolute Gasteiger partial charge is 0.335 e. The summed E-state index contributed by atoms with van der Waals surface area (Å²) in [6.45, 7) is 5.12. The summed E-state index contributed by atoms with van der Waals surface area (Å²) >= 11 is 0. The molecule has 1 aliphatic rings. The van der Waals surface area contributed by atoms with Crippen LogP contribution in [0.4, 0.5) is 0 Å². The number of aromatic amines is 1. The van der Waals surface area contributed by atoms with E-state index in [1.807, 2.05) is 32.0 Å². The lowest BCUT2D eigenvalue weighted by Crippen LogP contribution is -2.33. The fourth-order valence-corrected chi connectivity index (χ4v) is 4.14. The third kappa shape index (κ3) is 4.05. The van der Waals surface area contributed by atoms with E-state index in [1.165, 1.54) is 11.9 Å². The molecule has 2 aromatic carbocycles. The molecule has 1 amide bonds. The molecule has 0 bridgehead atoms. The molecule has 1 atom stereocenters. The molecular weight excluding hydrogens is 424 g/mol. The number of aromatic nitrogens is 2. The van der Waals surface area contributed by atoms with Gasteiger partial charge in [0.25, 0.3) is 5.56 Å². The van der Waals surface area contributed by atoms with Crippen LogP contribution in [-0.2, 0) is 4.79 Å². The molecule has 4 rings (SSSR count). The van der Waals surface area contributed by atoms with Crippen LogP contribution in [0.25, 0.3) is 5.69 Å². The van der Waals surface area contributed by atoms with E-state index in [4.69, 9.17) is 4.74 Å². The minimum absolute atomic E-state index is 0.143. The highest BCUT2D eigenvalue weighted by Gasteiger charge is 2.34. The Morgan fingerprint density at radius 3 is 2.33 bits per heavy atom. The van der Waals surface area contributed by atoms with Gasteiger partial charge in [-0.2, -0.15) is 5.10 Å². The van der Waals surface area contributed by atoms with Gasteiger partial charge in [0.1, 0.15) is 11.3 Å². The molecule has 33 heavy (non-hydrogen) atoms. The Labute approximate surface area is 189 Å². The van der Waals surface area contributed by atoms with Gasteiger partial charge in [-0.05, 0) is 54.8 Å². The Hall–Kier alpha value is -4.14. The minimum atomic E-state index is -0.768. The largest absolute Gasteiger partial charge is 0.497 e. The summed E-state index contributed by atoms with van der Waals surface area (Å²) in [6, 6.07) is 12.1. The second kappa shape index (κ2) is 8.42. The van der Waals surface area contributed by atoms with E-state index in [-0.39, 0.29) is 23.6 Å². The first kappa shape index (κ1) is 22.1. The number of nitrogens with zero attached hydrogens (tertiary/aromatic N) is 3. The summed E-state index contributed by atoms with van der Waals surface area (Å²) < 4.78 is 6.23. The lowest BCUT2D eigenvalue weighted by Gasteiger charge is -2.20. The lowest BCUT2D eigenvalue weighted by atomic mass is 9.99. The number of carbonyl (C=O) groups is 1. The second-order valence-corrected chi connectivity index (χ2v) is 8.04. The summed E-state index contributed by atoms with van der Waals surface area (Å²) in [5.41, 5.74) is 1.54. The first-order valence-corrected chi connectivity index (χ1v) is 10.4. The number of benzene rings is 2. The molecule has 0 saturated carbocycles. The van der Waals surface area contributed by atoms with Gasteiger partial charge in [-0.25, -0.2) is 14.4 Å². The van der Waals surface area contributed by atoms with Crippen molar-refractivity contribution in [2.24, 2.45) is 5.10 Å². The van der Waals surface area contributed by atoms with Gasteiger partial charge in [-0.3, -0.25) is 14.6 Å². The number of aromatic hydroxyl groups is 1. The van der Waals surface area contributed by atoms with Crippen molar-refractivity contribution in [1.29, 1.82) is 0 Å². The number of nitrogens with one attached hydrogen (secondary N) is 1. The van der Waals surface area contributed by atoms with Crippen molar-refractivity contribution in [2.45, 2.75) is 33.2 Å². The minimum Gasteiger partial charge on any atom is -0.497 e. The molecule has 1 aromatic heterocycles. The van der Waals surface area contributed by atoms with Crippen molar-refractivity contribution in [3.05, 3.63) is 85.6 Å². The summed E-state index contributed by atoms with van der Waals surface area (Å²) in [6.07, 6.45) is 0.188. The molecule has 0 unspecified atom stereocenters. The maximum atomic E-state index is 12.7. The molecule has 1 aliphatic heterocycles. The molecule has 0 aliphatic carbocycles. The predicted molar refractivity (Wildman–Crippen MR) is 123 cm³/mol. The highest BCUT2D eigenvalue weighted by atomic mass is 16.5. The first-order chi connectivity index (χ1) is 15.7. The van der Waals surface area contributed by atoms with Crippen LogP contribution in [0.1, 0.15) is 41.6 Å². The molecular formula is C24H24N4O5. The highest BCUT2D eigenvalue weighted by Crippen LogP contribution is 2.34. The zero-order chi connectivity index (χ0) is 23.9. The fraction of sp³-hybridized carbons (Fsp3) is 0.250. The van der Waals surface area contributed by atoms with Crippen LogP contribution in [0.15, 0.2) is 57.2 Å². The van der Waals surface area contributed by atoms with Crippen molar-refractivity contribution in [3.63, 3.8) is 0 Å². The van der Waals surface area contributed by atoms with Crippen molar-refractivity contribution in [2.75, 3.05) is 7.11 Å². The van der Waals surface area contributed by atoms with Gasteiger partial charge in [0.2, 0.25) is 11.8 Å². The van der Waals surface area contributed by atoms with Crippen molar-refractivity contribution in [3.8, 4) is 17.3 Å². The highest BCUT2D eigenvalue weighted by molar-refractivity contribution is 6.04. The van der Waals surface area contributed by atoms with Gasteiger partial charge in [0, 0.05) is 13.3 Å². The summed E-state index contributed by atoms with van der Waals surface area (Å²) in [5.74, 6) is -0.169. The SMILES string of the molecule is COc1ccc([C@@H]2CC(c3c(O)n(-c4cc(C)cc(C)c4)c(=O)[nH]c3=O)=NN2C(C)=O)cc1. The van der Waals surface area contributed by atoms with Crippen LogP contribution in [0.3, 0.4) is 0 Å². The topological polar surface area (TPSA) is 117 Å². The van der Waals surface area contributed by atoms with E-state index < -0.39 is 23.2 Å². The van der Waals surface area contributed by atoms with Crippen LogP contribution in [0.5, 0.6) is 11.6 Å². The van der Waals surface area contributed by atoms with Crippen molar-refractivity contribution in [1.82, 2.24) is 14.6 Å². The quantitative estimate of drug-likeness (QED) is 0.636. The van der Waals surface area contributed by atoms with Crippen LogP contribution >= 0.6 is 0 Å². The van der Waals surface area contributed by atoms with Crippen LogP contribution < -0.4 is 16.0 Å². The number of ether oxygens (including phenoxy) is 1. The molecule has 2 heterocycles. The molecule has 0 saturated heterocycles. The summed E-state index contributed by atoms with van der Waals surface area (Å²) in [7, 11) is 1.56. The summed E-state index contributed by atoms with van der Waals surface area (Å²) in [4.78, 5) is 39.9. The van der Waals surface area contributed by atoms with E-state index in [2.05, 4.69) is 10.1 Å². The van der Waals surface area contributed by atoms with E-state index in [0.29, 0.717) is 11.4 Å². The average Bonchev–Trinajstić information content (AvgIpc) is 3.18. The number of aryl methyl sites for hydroxylation is 2. The van der Waals surface area contributed by atoms with E-state index in [0.717, 1.165) is 21.3 Å². The van der Waals surface area contributed by atoms with Gasteiger partial charge in [-0.15, -0.1) is 0 Å². The van der Waals surface area contributed by atoms with E-state index >= 15 is 0 Å². The molecule has 2 N–H and O–H groups in total. The third-order valence-electron chi connectivity index (χ3n) is 5.57. The van der Waals surface area contributed by atoms with Crippen molar-refractivity contribution < 1.29 is 14.6 Å². The van der Waals surface area contributed by atoms with Gasteiger partial charge in [0.15, 0.2) is 0 Å². The zero-order valence-corrected chi connectivity index (χ0v) is 18.7. The molecule has 0 spiro atoms. The van der Waals surface area contributed by atoms with Gasteiger partial charge < -0.3 is 9.84 Å². The number of rotatable bonds is 4. The Balaban J connectivity index is 1.83. The normalized spacial score (nSPS) is 15.5. The maximum Gasteiger partial charge on any atom is 0.335 e. The molecule has 0 fully saturated rings. The van der Waals surface area contributed by atoms with Crippen LogP contribution in [0.2, 0.25) is 0 Å². The third-order valence-corrected chi connectivity index (χ3v) is 5.57. The second-order valence-electron chi connectivity index (χ2n) is 8.04. The number of hydrazone groups is 1. The molecule has 0 radical (unpaired) electrons. The molecule has 170 valence electrons. The Morgan fingerprint density at radius 1 is 1.12 bits per heavy atom. The van der Waals surface area contributed by atoms with Gasteiger partial charge >= 0.3 is 5.69 Å². The monoisotopic (exact) mass is 448 g/mol. The van der Waals surface area contributed by atoms with Gasteiger partial charge in [0.05, 0.1) is 24.6 Å². The average molecular weight is 448 g/mol. The van der Waals surface area contributed by atoms with Crippen LogP contribution in [-0.4, -0.2) is 38.4 Å². The first-order valence-electron chi connectivity index (χ1n) is 10.4. The Morgan fingerprint density at radius 2 is 1.76 bits per heavy atom. The lowest BCUT2D eigenvalue weighted by molar-refractivity contribution is -0.130. The zero-order valence-electron chi connectivity index (χ0n) is 18.7. The molecule has 3 aromatic rings. The number of amides is 1. The Bertz CT molecular complexity index is 1370. The molecule has 9 heteroatoms. The molecule has 9 nitrogen and oxygen atoms in total. The van der Waals surface area contributed by atoms with Crippen molar-refractivity contribution >= 4 is 11.6 Å². The fourth-order valence-electron chi connectivity index (χ4n) is 4.14. The number of hydrogen-bond donors (Lipinski definition) is 2. The standard InChI is InChI=1S/C24H24N4O5/c1-13-9-14(2)11-17(10-13)27-23(31)21(22(30)25-24(27)32)19-12-20(28(26-19)15(3)29)16-5-7-18(33-4)8-6-16/h5-11,20,31H,12H2,1-4H3,(H,25,30,32)/t20-/m0/s1. The number of H-pyrrole nitrogens is 1. The summed E-state index contributed by atoms with van der Waals surface area (Å²) in [5, 5.41) is 16.7. The number of carbonyl (C=O) groups excluding carboxylic acids is 1. The van der Waals surface area contributed by atoms with Crippen LogP contribution in [0, 0.1) is 13.8 Å². The van der Waals surface area contributed by atoms with Gasteiger partial charge in [-0.1, -0.05) is 18.2 Å². The number of hydrogen-bond acceptors (Lipinski definition) is 6. The van der Waals surface area contributed by atoms with E-state index in [1.54, 1.807) is 31.4 Å². The van der Waals surface area contributed by atoms with E-state index in [9.17, 15) is 19.5 Å². The predicted octanol–water partition coefficient (Wildman–Crippen LogP) is 2.55. The maximum absolute atomic E-state index is 12.7. The number of methoxy groups -OCH3 is 1.